The van der Waals surface area contributed by atoms with Crippen LogP contribution >= 0.6 is 11.8 Å². The Morgan fingerprint density at radius 1 is 1.44 bits per heavy atom. The van der Waals surface area contributed by atoms with Crippen LogP contribution in [0.25, 0.3) is 0 Å². The van der Waals surface area contributed by atoms with Gasteiger partial charge in [0, 0.05) is 23.7 Å². The van der Waals surface area contributed by atoms with Gasteiger partial charge in [0.25, 0.3) is 0 Å². The number of piperidine rings is 1. The van der Waals surface area contributed by atoms with Gasteiger partial charge in [-0.2, -0.15) is 0 Å². The third-order valence-electron chi connectivity index (χ3n) is 3.18. The number of thioether (sulfide) groups is 1. The van der Waals surface area contributed by atoms with Gasteiger partial charge in [0.05, 0.1) is 7.11 Å². The van der Waals surface area contributed by atoms with Crippen molar-refractivity contribution >= 4 is 17.9 Å². The zero-order valence-electron chi connectivity index (χ0n) is 10.7. The van der Waals surface area contributed by atoms with Crippen molar-refractivity contribution in [3.05, 3.63) is 30.3 Å². The zero-order valence-corrected chi connectivity index (χ0v) is 11.5. The third-order valence-corrected chi connectivity index (χ3v) is 4.42. The molecule has 1 aliphatic rings. The highest BCUT2D eigenvalue weighted by Crippen LogP contribution is 2.25. The molecule has 0 aromatic heterocycles. The van der Waals surface area contributed by atoms with Crippen molar-refractivity contribution in [1.82, 2.24) is 4.90 Å². The molecule has 0 radical (unpaired) electrons. The van der Waals surface area contributed by atoms with Gasteiger partial charge in [-0.1, -0.05) is 18.2 Å². The number of likely N-dealkylation sites (tertiary alicyclic amines) is 1. The minimum atomic E-state index is -0.190. The van der Waals surface area contributed by atoms with Crippen LogP contribution in [0.1, 0.15) is 12.8 Å². The number of nitrogens with zero attached hydrogens (tertiary/aromatic N) is 1. The summed E-state index contributed by atoms with van der Waals surface area (Å²) >= 11 is 1.87. The van der Waals surface area contributed by atoms with E-state index < -0.39 is 0 Å². The first-order chi connectivity index (χ1) is 8.79. The molecule has 0 aliphatic carbocycles. The largest absolute Gasteiger partial charge is 0.453 e. The molecule has 98 valence electrons. The molecule has 2 rings (SSSR count). The van der Waals surface area contributed by atoms with Gasteiger partial charge in [0.15, 0.2) is 0 Å². The molecule has 4 heteroatoms. The summed E-state index contributed by atoms with van der Waals surface area (Å²) in [5, 5.41) is 0. The first kappa shape index (κ1) is 13.3. The fourth-order valence-corrected chi connectivity index (χ4v) is 3.28. The lowest BCUT2D eigenvalue weighted by Crippen LogP contribution is -2.40. The van der Waals surface area contributed by atoms with Gasteiger partial charge in [0.1, 0.15) is 0 Å². The summed E-state index contributed by atoms with van der Waals surface area (Å²) in [7, 11) is 1.45. The molecule has 1 fully saturated rings. The minimum Gasteiger partial charge on any atom is -0.453 e. The summed E-state index contributed by atoms with van der Waals surface area (Å²) in [5.41, 5.74) is 0. The van der Waals surface area contributed by atoms with Crippen LogP contribution in [0.15, 0.2) is 35.2 Å². The van der Waals surface area contributed by atoms with E-state index in [0.29, 0.717) is 5.92 Å². The second-order valence-corrected chi connectivity index (χ2v) is 5.64. The van der Waals surface area contributed by atoms with Crippen LogP contribution in [-0.4, -0.2) is 36.9 Å². The quantitative estimate of drug-likeness (QED) is 0.786. The summed E-state index contributed by atoms with van der Waals surface area (Å²) in [6.07, 6.45) is 2.09. The highest BCUT2D eigenvalue weighted by molar-refractivity contribution is 7.99. The standard InChI is InChI=1S/C14H19NO2S/c1-17-14(16)15-9-5-6-12(10-15)11-18-13-7-3-2-4-8-13/h2-4,7-8,12H,5-6,9-11H2,1H3. The van der Waals surface area contributed by atoms with E-state index >= 15 is 0 Å². The first-order valence-corrected chi connectivity index (χ1v) is 7.29. The van der Waals surface area contributed by atoms with Gasteiger partial charge in [-0.25, -0.2) is 4.79 Å². The van der Waals surface area contributed by atoms with Crippen molar-refractivity contribution in [2.24, 2.45) is 5.92 Å². The topological polar surface area (TPSA) is 29.5 Å². The maximum Gasteiger partial charge on any atom is 0.409 e. The number of methoxy groups -OCH3 is 1. The van der Waals surface area contributed by atoms with E-state index in [1.807, 2.05) is 22.7 Å². The number of rotatable bonds is 3. The van der Waals surface area contributed by atoms with Crippen LogP contribution < -0.4 is 0 Å². The van der Waals surface area contributed by atoms with Crippen molar-refractivity contribution in [3.8, 4) is 0 Å². The van der Waals surface area contributed by atoms with E-state index in [4.69, 9.17) is 4.74 Å². The Balaban J connectivity index is 1.81. The molecule has 1 heterocycles. The van der Waals surface area contributed by atoms with Crippen molar-refractivity contribution in [1.29, 1.82) is 0 Å². The number of carbonyl (C=O) groups excluding carboxylic acids is 1. The Morgan fingerprint density at radius 3 is 2.94 bits per heavy atom. The maximum absolute atomic E-state index is 11.5. The van der Waals surface area contributed by atoms with Crippen molar-refractivity contribution < 1.29 is 9.53 Å². The summed E-state index contributed by atoms with van der Waals surface area (Å²) in [6, 6.07) is 10.4. The lowest BCUT2D eigenvalue weighted by molar-refractivity contribution is 0.105. The molecule has 1 aliphatic heterocycles. The van der Waals surface area contributed by atoms with Crippen LogP contribution in [-0.2, 0) is 4.74 Å². The lowest BCUT2D eigenvalue weighted by atomic mass is 10.0. The van der Waals surface area contributed by atoms with Gasteiger partial charge < -0.3 is 9.64 Å². The molecule has 0 N–H and O–H groups in total. The highest BCUT2D eigenvalue weighted by Gasteiger charge is 2.23. The maximum atomic E-state index is 11.5. The van der Waals surface area contributed by atoms with Crippen LogP contribution in [0.3, 0.4) is 0 Å². The Kier molecular flexibility index (Phi) is 4.93. The van der Waals surface area contributed by atoms with E-state index in [2.05, 4.69) is 24.3 Å². The summed E-state index contributed by atoms with van der Waals surface area (Å²) in [6.45, 7) is 1.66. The SMILES string of the molecule is COC(=O)N1CCCC(CSc2ccccc2)C1. The summed E-state index contributed by atoms with van der Waals surface area (Å²) in [4.78, 5) is 14.6. The molecule has 1 aromatic rings. The first-order valence-electron chi connectivity index (χ1n) is 6.30. The van der Waals surface area contributed by atoms with Crippen LogP contribution in [0, 0.1) is 5.92 Å². The number of hydrogen-bond donors (Lipinski definition) is 0. The number of benzene rings is 1. The van der Waals surface area contributed by atoms with E-state index in [1.54, 1.807) is 0 Å². The van der Waals surface area contributed by atoms with Gasteiger partial charge in [0.2, 0.25) is 0 Å². The highest BCUT2D eigenvalue weighted by atomic mass is 32.2. The lowest BCUT2D eigenvalue weighted by Gasteiger charge is -2.31. The zero-order chi connectivity index (χ0) is 12.8. The molecule has 0 saturated carbocycles. The molecule has 18 heavy (non-hydrogen) atoms. The molecule has 0 spiro atoms. The second-order valence-electron chi connectivity index (χ2n) is 4.55. The Morgan fingerprint density at radius 2 is 2.22 bits per heavy atom. The van der Waals surface area contributed by atoms with Crippen molar-refractivity contribution in [3.63, 3.8) is 0 Å². The molecule has 1 unspecified atom stereocenters. The number of ether oxygens (including phenoxy) is 1. The van der Waals surface area contributed by atoms with Gasteiger partial charge in [-0.05, 0) is 30.9 Å². The molecule has 1 aromatic carbocycles. The Bertz CT molecular complexity index is 383. The fourth-order valence-electron chi connectivity index (χ4n) is 2.23. The fraction of sp³-hybridized carbons (Fsp3) is 0.500. The third kappa shape index (κ3) is 3.67. The average molecular weight is 265 g/mol. The predicted octanol–water partition coefficient (Wildman–Crippen LogP) is 3.26. The smallest absolute Gasteiger partial charge is 0.409 e. The number of carbonyl (C=O) groups is 1. The van der Waals surface area contributed by atoms with Gasteiger partial charge in [-0.15, -0.1) is 11.8 Å². The average Bonchev–Trinajstić information content (AvgIpc) is 2.45. The Hall–Kier alpha value is -1.16. The van der Waals surface area contributed by atoms with Crippen LogP contribution in [0.2, 0.25) is 0 Å². The van der Waals surface area contributed by atoms with Crippen molar-refractivity contribution in [2.45, 2.75) is 17.7 Å². The molecule has 1 saturated heterocycles. The van der Waals surface area contributed by atoms with E-state index in [0.717, 1.165) is 25.3 Å². The van der Waals surface area contributed by atoms with E-state index in [9.17, 15) is 4.79 Å². The van der Waals surface area contributed by atoms with Crippen molar-refractivity contribution in [2.75, 3.05) is 26.0 Å². The molecule has 1 atom stereocenters. The predicted molar refractivity (Wildman–Crippen MR) is 73.9 cm³/mol. The van der Waals surface area contributed by atoms with E-state index in [1.165, 1.54) is 18.4 Å². The van der Waals surface area contributed by atoms with Gasteiger partial charge >= 0.3 is 6.09 Å². The van der Waals surface area contributed by atoms with Crippen LogP contribution in [0.4, 0.5) is 4.79 Å². The van der Waals surface area contributed by atoms with Gasteiger partial charge in [-0.3, -0.25) is 0 Å². The summed E-state index contributed by atoms with van der Waals surface area (Å²) < 4.78 is 4.78. The molecular formula is C14H19NO2S. The Labute approximate surface area is 113 Å². The number of hydrogen-bond acceptors (Lipinski definition) is 3. The molecular weight excluding hydrogens is 246 g/mol. The molecule has 3 nitrogen and oxygen atoms in total. The molecule has 1 amide bonds. The number of amides is 1. The van der Waals surface area contributed by atoms with E-state index in [-0.39, 0.29) is 6.09 Å². The second kappa shape index (κ2) is 6.69. The minimum absolute atomic E-state index is 0.190. The summed E-state index contributed by atoms with van der Waals surface area (Å²) in [5.74, 6) is 1.64. The molecule has 0 bridgehead atoms. The monoisotopic (exact) mass is 265 g/mol. The van der Waals surface area contributed by atoms with Crippen LogP contribution in [0.5, 0.6) is 0 Å². The normalized spacial score (nSPS) is 19.6.